The molecule has 0 aromatic heterocycles. The Bertz CT molecular complexity index is 225. The summed E-state index contributed by atoms with van der Waals surface area (Å²) >= 11 is 6.58. The van der Waals surface area contributed by atoms with Gasteiger partial charge in [-0.3, -0.25) is 4.79 Å². The summed E-state index contributed by atoms with van der Waals surface area (Å²) in [5, 5.41) is 3.66. The van der Waals surface area contributed by atoms with E-state index in [2.05, 4.69) is 24.5 Å². The highest BCUT2D eigenvalue weighted by molar-refractivity contribution is 7.99. The standard InChI is InChI=1S/C9H16N2OS2/c1-6-2-3-7(5-14-6)11-9(12)4-8(10)13/h6-7H,2-5H2,1H3,(H2,10,13)(H,11,12). The Hall–Kier alpha value is -0.290. The first-order valence-electron chi connectivity index (χ1n) is 4.77. The van der Waals surface area contributed by atoms with E-state index in [9.17, 15) is 4.79 Å². The molecule has 1 saturated heterocycles. The Labute approximate surface area is 94.2 Å². The summed E-state index contributed by atoms with van der Waals surface area (Å²) in [6.07, 6.45) is 2.41. The lowest BCUT2D eigenvalue weighted by molar-refractivity contribution is -0.120. The summed E-state index contributed by atoms with van der Waals surface area (Å²) in [5.41, 5.74) is 5.29. The maximum absolute atomic E-state index is 11.3. The quantitative estimate of drug-likeness (QED) is 0.715. The fourth-order valence-electron chi connectivity index (χ4n) is 1.43. The van der Waals surface area contributed by atoms with E-state index in [1.807, 2.05) is 11.8 Å². The van der Waals surface area contributed by atoms with E-state index in [0.717, 1.165) is 17.4 Å². The average molecular weight is 232 g/mol. The van der Waals surface area contributed by atoms with E-state index in [1.165, 1.54) is 6.42 Å². The molecule has 80 valence electrons. The van der Waals surface area contributed by atoms with Gasteiger partial charge < -0.3 is 11.1 Å². The first kappa shape index (κ1) is 11.8. The van der Waals surface area contributed by atoms with Crippen LogP contribution in [-0.4, -0.2) is 27.9 Å². The van der Waals surface area contributed by atoms with Gasteiger partial charge in [0, 0.05) is 17.0 Å². The molecule has 1 fully saturated rings. The van der Waals surface area contributed by atoms with E-state index in [-0.39, 0.29) is 17.3 Å². The van der Waals surface area contributed by atoms with Crippen LogP contribution in [0.25, 0.3) is 0 Å². The van der Waals surface area contributed by atoms with E-state index < -0.39 is 0 Å². The average Bonchev–Trinajstić information content (AvgIpc) is 2.07. The second-order valence-electron chi connectivity index (χ2n) is 3.63. The van der Waals surface area contributed by atoms with Crippen LogP contribution in [0.1, 0.15) is 26.2 Å². The smallest absolute Gasteiger partial charge is 0.227 e. The number of thioether (sulfide) groups is 1. The van der Waals surface area contributed by atoms with Crippen LogP contribution in [0.4, 0.5) is 0 Å². The van der Waals surface area contributed by atoms with Crippen molar-refractivity contribution in [1.29, 1.82) is 0 Å². The van der Waals surface area contributed by atoms with Gasteiger partial charge in [-0.2, -0.15) is 11.8 Å². The maximum Gasteiger partial charge on any atom is 0.227 e. The number of nitrogens with one attached hydrogen (secondary N) is 1. The van der Waals surface area contributed by atoms with Gasteiger partial charge in [0.2, 0.25) is 5.91 Å². The molecule has 0 bridgehead atoms. The zero-order valence-corrected chi connectivity index (χ0v) is 9.92. The number of hydrogen-bond acceptors (Lipinski definition) is 3. The van der Waals surface area contributed by atoms with Crippen molar-refractivity contribution in [1.82, 2.24) is 5.32 Å². The number of thiocarbonyl (C=S) groups is 1. The van der Waals surface area contributed by atoms with Crippen LogP contribution in [0.5, 0.6) is 0 Å². The van der Waals surface area contributed by atoms with Crippen LogP contribution in [0.3, 0.4) is 0 Å². The van der Waals surface area contributed by atoms with Crippen molar-refractivity contribution >= 4 is 34.9 Å². The Balaban J connectivity index is 2.24. The third-order valence-electron chi connectivity index (χ3n) is 2.20. The van der Waals surface area contributed by atoms with Crippen molar-refractivity contribution in [2.45, 2.75) is 37.5 Å². The summed E-state index contributed by atoms with van der Waals surface area (Å²) in [5.74, 6) is 0.960. The molecule has 3 N–H and O–H groups in total. The van der Waals surface area contributed by atoms with Gasteiger partial charge in [0.1, 0.15) is 0 Å². The zero-order valence-electron chi connectivity index (χ0n) is 8.29. The zero-order chi connectivity index (χ0) is 10.6. The number of carbonyl (C=O) groups is 1. The number of hydrogen-bond donors (Lipinski definition) is 2. The van der Waals surface area contributed by atoms with E-state index in [1.54, 1.807) is 0 Å². The fourth-order valence-corrected chi connectivity index (χ4v) is 2.68. The minimum atomic E-state index is -0.0438. The van der Waals surface area contributed by atoms with Gasteiger partial charge >= 0.3 is 0 Å². The molecule has 1 amide bonds. The molecular weight excluding hydrogens is 216 g/mol. The third kappa shape index (κ3) is 4.28. The Kier molecular flexibility index (Phi) is 4.68. The third-order valence-corrected chi connectivity index (χ3v) is 3.75. The Morgan fingerprint density at radius 3 is 2.86 bits per heavy atom. The molecule has 5 heteroatoms. The highest BCUT2D eigenvalue weighted by Gasteiger charge is 2.19. The van der Waals surface area contributed by atoms with Gasteiger partial charge in [0.15, 0.2) is 0 Å². The van der Waals surface area contributed by atoms with Crippen LogP contribution in [0.2, 0.25) is 0 Å². The van der Waals surface area contributed by atoms with Crippen LogP contribution in [-0.2, 0) is 4.79 Å². The molecule has 2 atom stereocenters. The van der Waals surface area contributed by atoms with Crippen LogP contribution in [0.15, 0.2) is 0 Å². The molecule has 1 rings (SSSR count). The minimum absolute atomic E-state index is 0.0438. The Morgan fingerprint density at radius 2 is 2.36 bits per heavy atom. The molecule has 1 aliphatic heterocycles. The van der Waals surface area contributed by atoms with Gasteiger partial charge in [-0.05, 0) is 12.8 Å². The van der Waals surface area contributed by atoms with Gasteiger partial charge in [0.05, 0.1) is 11.4 Å². The van der Waals surface area contributed by atoms with Crippen LogP contribution >= 0.6 is 24.0 Å². The summed E-state index contributed by atoms with van der Waals surface area (Å²) < 4.78 is 0. The largest absolute Gasteiger partial charge is 0.393 e. The summed E-state index contributed by atoms with van der Waals surface area (Å²) in [6.45, 7) is 2.22. The van der Waals surface area contributed by atoms with Crippen LogP contribution in [0, 0.1) is 0 Å². The van der Waals surface area contributed by atoms with E-state index >= 15 is 0 Å². The Morgan fingerprint density at radius 1 is 1.64 bits per heavy atom. The first-order chi connectivity index (χ1) is 6.58. The number of rotatable bonds is 3. The van der Waals surface area contributed by atoms with Gasteiger partial charge in [-0.25, -0.2) is 0 Å². The number of nitrogens with two attached hydrogens (primary N) is 1. The second kappa shape index (κ2) is 5.56. The highest BCUT2D eigenvalue weighted by atomic mass is 32.2. The topological polar surface area (TPSA) is 55.1 Å². The number of amides is 1. The molecule has 1 aliphatic rings. The molecule has 14 heavy (non-hydrogen) atoms. The molecule has 1 heterocycles. The van der Waals surface area contributed by atoms with Crippen molar-refractivity contribution in [2.24, 2.45) is 5.73 Å². The highest BCUT2D eigenvalue weighted by Crippen LogP contribution is 2.24. The predicted octanol–water partition coefficient (Wildman–Crippen LogP) is 1.06. The lowest BCUT2D eigenvalue weighted by Gasteiger charge is -2.26. The van der Waals surface area contributed by atoms with Crippen molar-refractivity contribution in [3.8, 4) is 0 Å². The summed E-state index contributed by atoms with van der Waals surface area (Å²) in [6, 6.07) is 0.304. The molecule has 0 spiro atoms. The second-order valence-corrected chi connectivity index (χ2v) is 5.62. The lowest BCUT2D eigenvalue weighted by Crippen LogP contribution is -2.40. The normalized spacial score (nSPS) is 26.9. The molecule has 0 saturated carbocycles. The summed E-state index contributed by atoms with van der Waals surface area (Å²) in [7, 11) is 0. The monoisotopic (exact) mass is 232 g/mol. The van der Waals surface area contributed by atoms with Gasteiger partial charge in [-0.1, -0.05) is 19.1 Å². The molecule has 0 aliphatic carbocycles. The number of carbonyl (C=O) groups excluding carboxylic acids is 1. The van der Waals surface area contributed by atoms with E-state index in [4.69, 9.17) is 5.73 Å². The summed E-state index contributed by atoms with van der Waals surface area (Å²) in [4.78, 5) is 11.6. The van der Waals surface area contributed by atoms with Crippen molar-refractivity contribution < 1.29 is 4.79 Å². The van der Waals surface area contributed by atoms with Crippen molar-refractivity contribution in [3.05, 3.63) is 0 Å². The lowest BCUT2D eigenvalue weighted by atomic mass is 10.1. The van der Waals surface area contributed by atoms with Crippen molar-refractivity contribution in [3.63, 3.8) is 0 Å². The van der Waals surface area contributed by atoms with Crippen molar-refractivity contribution in [2.75, 3.05) is 5.75 Å². The van der Waals surface area contributed by atoms with Crippen LogP contribution < -0.4 is 11.1 Å². The van der Waals surface area contributed by atoms with Gasteiger partial charge in [0.25, 0.3) is 0 Å². The SMILES string of the molecule is CC1CCC(NC(=O)CC(N)=S)CS1. The molecule has 0 aromatic carbocycles. The van der Waals surface area contributed by atoms with Gasteiger partial charge in [-0.15, -0.1) is 0 Å². The fraction of sp³-hybridized carbons (Fsp3) is 0.778. The minimum Gasteiger partial charge on any atom is -0.393 e. The predicted molar refractivity (Wildman–Crippen MR) is 64.5 cm³/mol. The molecule has 3 nitrogen and oxygen atoms in total. The van der Waals surface area contributed by atoms with E-state index in [0.29, 0.717) is 6.04 Å². The molecule has 0 radical (unpaired) electrons. The molecular formula is C9H16N2OS2. The molecule has 2 unspecified atom stereocenters. The maximum atomic E-state index is 11.3. The molecule has 0 aromatic rings. The first-order valence-corrected chi connectivity index (χ1v) is 6.23.